The third kappa shape index (κ3) is 2.94. The lowest BCUT2D eigenvalue weighted by Crippen LogP contribution is -2.46. The molecule has 1 aromatic rings. The highest BCUT2D eigenvalue weighted by Gasteiger charge is 2.37. The Balaban J connectivity index is 1.92. The zero-order valence-corrected chi connectivity index (χ0v) is 12.5. The first-order valence-corrected chi connectivity index (χ1v) is 7.88. The lowest BCUT2D eigenvalue weighted by Gasteiger charge is -2.38. The van der Waals surface area contributed by atoms with Crippen molar-refractivity contribution in [1.29, 1.82) is 0 Å². The molecule has 0 aromatic heterocycles. The topological polar surface area (TPSA) is 41.9 Å². The number of anilines is 1. The van der Waals surface area contributed by atoms with E-state index in [9.17, 15) is 4.79 Å². The molecule has 0 bridgehead atoms. The Labute approximate surface area is 125 Å². The van der Waals surface area contributed by atoms with Gasteiger partial charge in [0.2, 0.25) is 0 Å². The van der Waals surface area contributed by atoms with E-state index >= 15 is 0 Å². The maximum atomic E-state index is 12.3. The highest BCUT2D eigenvalue weighted by molar-refractivity contribution is 5.92. The number of para-hydroxylation sites is 1. The maximum Gasteiger partial charge on any atom is 0.330 e. The van der Waals surface area contributed by atoms with E-state index in [1.807, 2.05) is 42.3 Å². The number of hydrogen-bond donors (Lipinski definition) is 0. The number of esters is 1. The summed E-state index contributed by atoms with van der Waals surface area (Å²) in [5.41, 5.74) is 2.22. The van der Waals surface area contributed by atoms with Crippen LogP contribution in [0.1, 0.15) is 39.0 Å². The van der Waals surface area contributed by atoms with Crippen LogP contribution in [0.2, 0.25) is 0 Å². The molecule has 1 saturated carbocycles. The summed E-state index contributed by atoms with van der Waals surface area (Å²) >= 11 is 0. The van der Waals surface area contributed by atoms with Gasteiger partial charge in [0.05, 0.1) is 12.3 Å². The summed E-state index contributed by atoms with van der Waals surface area (Å²) in [6.07, 6.45) is 5.49. The van der Waals surface area contributed by atoms with Gasteiger partial charge in [-0.1, -0.05) is 24.6 Å². The Kier molecular flexibility index (Phi) is 4.23. The van der Waals surface area contributed by atoms with Gasteiger partial charge in [-0.2, -0.15) is 5.10 Å². The fraction of sp³-hybridized carbons (Fsp3) is 0.529. The van der Waals surface area contributed by atoms with Gasteiger partial charge in [-0.25, -0.2) is 4.79 Å². The van der Waals surface area contributed by atoms with Crippen LogP contribution < -0.4 is 5.01 Å². The second-order valence-corrected chi connectivity index (χ2v) is 5.72. The lowest BCUT2D eigenvalue weighted by atomic mass is 9.81. The van der Waals surface area contributed by atoms with E-state index < -0.39 is 0 Å². The Hall–Kier alpha value is -1.84. The molecule has 2 unspecified atom stereocenters. The summed E-state index contributed by atoms with van der Waals surface area (Å²) < 4.78 is 5.26. The number of carbonyl (C=O) groups excluding carboxylic acids is 1. The molecule has 0 radical (unpaired) electrons. The molecular formula is C17H22N2O2. The molecule has 4 nitrogen and oxygen atoms in total. The first-order chi connectivity index (χ1) is 10.3. The molecule has 112 valence electrons. The van der Waals surface area contributed by atoms with Crippen LogP contribution in [-0.2, 0) is 9.53 Å². The Morgan fingerprint density at radius 1 is 1.33 bits per heavy atom. The molecule has 3 rings (SSSR count). The second kappa shape index (κ2) is 6.29. The molecule has 0 spiro atoms. The van der Waals surface area contributed by atoms with Crippen molar-refractivity contribution in [3.05, 3.63) is 30.3 Å². The maximum absolute atomic E-state index is 12.3. The van der Waals surface area contributed by atoms with Gasteiger partial charge in [-0.15, -0.1) is 0 Å². The van der Waals surface area contributed by atoms with Crippen LogP contribution in [0.3, 0.4) is 0 Å². The normalized spacial score (nSPS) is 25.0. The molecule has 1 aliphatic carbocycles. The van der Waals surface area contributed by atoms with Crippen LogP contribution in [-0.4, -0.2) is 24.3 Å². The fourth-order valence-electron chi connectivity index (χ4n) is 3.28. The minimum absolute atomic E-state index is 0.158. The summed E-state index contributed by atoms with van der Waals surface area (Å²) in [5.74, 6) is 0.294. The largest absolute Gasteiger partial charge is 0.464 e. The van der Waals surface area contributed by atoms with Crippen LogP contribution in [0, 0.1) is 5.92 Å². The fourth-order valence-corrected chi connectivity index (χ4v) is 3.28. The van der Waals surface area contributed by atoms with Crippen LogP contribution in [0.25, 0.3) is 0 Å². The predicted molar refractivity (Wildman–Crippen MR) is 83.4 cm³/mol. The highest BCUT2D eigenvalue weighted by atomic mass is 16.5. The molecule has 0 N–H and O–H groups in total. The first kappa shape index (κ1) is 14.1. The van der Waals surface area contributed by atoms with Crippen LogP contribution in [0.15, 0.2) is 35.4 Å². The average Bonchev–Trinajstić information content (AvgIpc) is 2.54. The molecule has 4 heteroatoms. The number of nitrogens with zero attached hydrogens (tertiary/aromatic N) is 2. The predicted octanol–water partition coefficient (Wildman–Crippen LogP) is 3.37. The molecule has 2 aliphatic rings. The van der Waals surface area contributed by atoms with E-state index in [-0.39, 0.29) is 12.0 Å². The summed E-state index contributed by atoms with van der Waals surface area (Å²) in [6, 6.07) is 9.64. The summed E-state index contributed by atoms with van der Waals surface area (Å²) in [7, 11) is 0. The molecule has 1 heterocycles. The SMILES string of the molecule is CCOC(=O)C1CC2CCCCC2=NN1c1ccccc1. The van der Waals surface area contributed by atoms with Gasteiger partial charge in [0.15, 0.2) is 6.04 Å². The van der Waals surface area contributed by atoms with Crippen LogP contribution in [0.5, 0.6) is 0 Å². The van der Waals surface area contributed by atoms with Gasteiger partial charge in [0.25, 0.3) is 0 Å². The quantitative estimate of drug-likeness (QED) is 0.800. The molecule has 1 fully saturated rings. The number of benzene rings is 1. The number of rotatable bonds is 3. The van der Waals surface area contributed by atoms with E-state index in [2.05, 4.69) is 0 Å². The Bertz CT molecular complexity index is 527. The standard InChI is InChI=1S/C17H22N2O2/c1-2-21-17(20)16-12-13-8-6-7-11-15(13)18-19(16)14-9-4-3-5-10-14/h3-5,9-10,13,16H,2,6-8,11-12H2,1H3. The van der Waals surface area contributed by atoms with E-state index in [4.69, 9.17) is 9.84 Å². The van der Waals surface area contributed by atoms with Crippen molar-refractivity contribution in [2.45, 2.75) is 45.1 Å². The molecule has 0 saturated heterocycles. The van der Waals surface area contributed by atoms with Gasteiger partial charge < -0.3 is 4.74 Å². The summed E-state index contributed by atoms with van der Waals surface area (Å²) in [5, 5.41) is 6.68. The smallest absolute Gasteiger partial charge is 0.330 e. The highest BCUT2D eigenvalue weighted by Crippen LogP contribution is 2.34. The van der Waals surface area contributed by atoms with Crippen molar-refractivity contribution in [3.63, 3.8) is 0 Å². The molecular weight excluding hydrogens is 264 g/mol. The molecule has 21 heavy (non-hydrogen) atoms. The van der Waals surface area contributed by atoms with Crippen molar-refractivity contribution in [3.8, 4) is 0 Å². The third-order valence-corrected chi connectivity index (χ3v) is 4.33. The van der Waals surface area contributed by atoms with E-state index in [0.29, 0.717) is 12.5 Å². The van der Waals surface area contributed by atoms with Gasteiger partial charge in [-0.05, 0) is 44.7 Å². The number of hydrogen-bond acceptors (Lipinski definition) is 4. The number of carbonyl (C=O) groups is 1. The zero-order valence-electron chi connectivity index (χ0n) is 12.5. The van der Waals surface area contributed by atoms with Crippen molar-refractivity contribution in [2.75, 3.05) is 11.6 Å². The van der Waals surface area contributed by atoms with Crippen LogP contribution in [0.4, 0.5) is 5.69 Å². The minimum Gasteiger partial charge on any atom is -0.464 e. The molecule has 2 atom stereocenters. The Morgan fingerprint density at radius 2 is 2.14 bits per heavy atom. The van der Waals surface area contributed by atoms with E-state index in [0.717, 1.165) is 24.9 Å². The van der Waals surface area contributed by atoms with Gasteiger partial charge in [0, 0.05) is 11.6 Å². The Morgan fingerprint density at radius 3 is 2.90 bits per heavy atom. The molecule has 0 amide bonds. The van der Waals surface area contributed by atoms with E-state index in [1.165, 1.54) is 18.6 Å². The minimum atomic E-state index is -0.292. The molecule has 1 aromatic carbocycles. The first-order valence-electron chi connectivity index (χ1n) is 7.88. The summed E-state index contributed by atoms with van der Waals surface area (Å²) in [6.45, 7) is 2.27. The average molecular weight is 286 g/mol. The number of fused-ring (bicyclic) bond motifs is 1. The van der Waals surface area contributed by atoms with Gasteiger partial charge >= 0.3 is 5.97 Å². The van der Waals surface area contributed by atoms with Crippen molar-refractivity contribution < 1.29 is 9.53 Å². The number of ether oxygens (including phenoxy) is 1. The zero-order chi connectivity index (χ0) is 14.7. The molecule has 1 aliphatic heterocycles. The number of hydrazone groups is 1. The second-order valence-electron chi connectivity index (χ2n) is 5.72. The lowest BCUT2D eigenvalue weighted by molar-refractivity contribution is -0.145. The van der Waals surface area contributed by atoms with Crippen molar-refractivity contribution in [2.24, 2.45) is 11.0 Å². The summed E-state index contributed by atoms with van der Waals surface area (Å²) in [4.78, 5) is 12.3. The van der Waals surface area contributed by atoms with Gasteiger partial charge in [0.1, 0.15) is 0 Å². The third-order valence-electron chi connectivity index (χ3n) is 4.33. The monoisotopic (exact) mass is 286 g/mol. The van der Waals surface area contributed by atoms with Gasteiger partial charge in [-0.3, -0.25) is 5.01 Å². The van der Waals surface area contributed by atoms with Crippen LogP contribution >= 0.6 is 0 Å². The van der Waals surface area contributed by atoms with Crippen molar-refractivity contribution >= 4 is 17.4 Å². The van der Waals surface area contributed by atoms with E-state index in [1.54, 1.807) is 0 Å². The van der Waals surface area contributed by atoms with Crippen molar-refractivity contribution in [1.82, 2.24) is 0 Å².